The van der Waals surface area contributed by atoms with Crippen molar-refractivity contribution in [3.63, 3.8) is 0 Å². The van der Waals surface area contributed by atoms with Crippen molar-refractivity contribution in [1.82, 2.24) is 10.2 Å². The zero-order chi connectivity index (χ0) is 15.4. The predicted molar refractivity (Wildman–Crippen MR) is 85.6 cm³/mol. The first-order valence-corrected chi connectivity index (χ1v) is 7.49. The number of likely N-dealkylation sites (tertiary alicyclic amines) is 1. The molecule has 1 aliphatic rings. The Morgan fingerprint density at radius 3 is 2.70 bits per heavy atom. The van der Waals surface area contributed by atoms with Gasteiger partial charge in [0.2, 0.25) is 0 Å². The molecule has 4 heteroatoms. The summed E-state index contributed by atoms with van der Waals surface area (Å²) in [5.74, 6) is 5.91. The van der Waals surface area contributed by atoms with Crippen LogP contribution in [0, 0.1) is 17.8 Å². The Morgan fingerprint density at radius 1 is 1.55 bits per heavy atom. The maximum atomic E-state index is 11.4. The zero-order valence-electron chi connectivity index (χ0n) is 13.7. The summed E-state index contributed by atoms with van der Waals surface area (Å²) in [5, 5.41) is 3.25. The van der Waals surface area contributed by atoms with Crippen LogP contribution in [-0.2, 0) is 9.53 Å². The standard InChI is InChI=1S/C10H15NO2.C6H15N.H2/c1-3-5-10(12)11-7-4-6-9(11)8-13-2;1-4-7-5-6(2)3;/h9H,4,6-8H2,1-2H3;6-7H,4-5H2,1-3H3;1H/t9-;;/m0../s1. The second-order valence-corrected chi connectivity index (χ2v) is 5.33. The van der Waals surface area contributed by atoms with E-state index in [-0.39, 0.29) is 13.4 Å². The fourth-order valence-corrected chi connectivity index (χ4v) is 2.08. The van der Waals surface area contributed by atoms with E-state index in [1.54, 1.807) is 18.9 Å². The molecule has 20 heavy (non-hydrogen) atoms. The number of ether oxygens (including phenoxy) is 1. The van der Waals surface area contributed by atoms with Crippen LogP contribution in [0.1, 0.15) is 42.0 Å². The van der Waals surface area contributed by atoms with Crippen LogP contribution in [0.3, 0.4) is 0 Å². The van der Waals surface area contributed by atoms with Gasteiger partial charge in [-0.2, -0.15) is 0 Å². The van der Waals surface area contributed by atoms with Gasteiger partial charge in [-0.25, -0.2) is 0 Å². The number of nitrogens with zero attached hydrogens (tertiary/aromatic N) is 1. The van der Waals surface area contributed by atoms with E-state index in [0.717, 1.165) is 38.4 Å². The van der Waals surface area contributed by atoms with Crippen LogP contribution in [0.25, 0.3) is 0 Å². The Labute approximate surface area is 125 Å². The van der Waals surface area contributed by atoms with Crippen molar-refractivity contribution in [3.8, 4) is 11.8 Å². The summed E-state index contributed by atoms with van der Waals surface area (Å²) in [4.78, 5) is 13.2. The molecule has 1 fully saturated rings. The minimum atomic E-state index is -0.0675. The van der Waals surface area contributed by atoms with E-state index in [1.807, 2.05) is 0 Å². The molecular formula is C16H32N2O2. The second-order valence-electron chi connectivity index (χ2n) is 5.33. The van der Waals surface area contributed by atoms with Crippen molar-refractivity contribution in [3.05, 3.63) is 0 Å². The van der Waals surface area contributed by atoms with E-state index in [0.29, 0.717) is 6.61 Å². The van der Waals surface area contributed by atoms with E-state index in [1.165, 1.54) is 0 Å². The summed E-state index contributed by atoms with van der Waals surface area (Å²) < 4.78 is 5.04. The van der Waals surface area contributed by atoms with Gasteiger partial charge in [0.15, 0.2) is 0 Å². The third-order valence-electron chi connectivity index (χ3n) is 3.03. The Balaban J connectivity index is 0. The number of methoxy groups -OCH3 is 1. The van der Waals surface area contributed by atoms with Gasteiger partial charge < -0.3 is 15.0 Å². The Bertz CT molecular complexity index is 324. The smallest absolute Gasteiger partial charge is 0.298 e. The van der Waals surface area contributed by atoms with Crippen molar-refractivity contribution in [1.29, 1.82) is 0 Å². The normalized spacial score (nSPS) is 17.3. The maximum absolute atomic E-state index is 11.4. The molecule has 0 radical (unpaired) electrons. The summed E-state index contributed by atoms with van der Waals surface area (Å²) in [5.41, 5.74) is 0. The Hall–Kier alpha value is -1.05. The summed E-state index contributed by atoms with van der Waals surface area (Å²) in [6.07, 6.45) is 2.09. The van der Waals surface area contributed by atoms with Gasteiger partial charge >= 0.3 is 0 Å². The first kappa shape index (κ1) is 18.9. The van der Waals surface area contributed by atoms with Gasteiger partial charge in [0, 0.05) is 15.1 Å². The SMILES string of the molecule is CC#CC(=O)N1CCC[C@H]1COC.CCNCC(C)C.[HH]. The zero-order valence-corrected chi connectivity index (χ0v) is 13.7. The monoisotopic (exact) mass is 284 g/mol. The minimum absolute atomic E-state index is 0. The minimum Gasteiger partial charge on any atom is -0.383 e. The summed E-state index contributed by atoms with van der Waals surface area (Å²) >= 11 is 0. The van der Waals surface area contributed by atoms with Crippen molar-refractivity contribution in [2.75, 3.05) is 33.4 Å². The van der Waals surface area contributed by atoms with Gasteiger partial charge in [-0.3, -0.25) is 4.79 Å². The number of amides is 1. The number of carbonyl (C=O) groups excluding carboxylic acids is 1. The molecule has 1 N–H and O–H groups in total. The van der Waals surface area contributed by atoms with Gasteiger partial charge in [-0.1, -0.05) is 26.7 Å². The van der Waals surface area contributed by atoms with E-state index in [2.05, 4.69) is 37.9 Å². The molecule has 1 heterocycles. The molecule has 0 aromatic heterocycles. The van der Waals surface area contributed by atoms with Gasteiger partial charge in [0.25, 0.3) is 5.91 Å². The molecule has 0 bridgehead atoms. The second kappa shape index (κ2) is 11.7. The van der Waals surface area contributed by atoms with Crippen molar-refractivity contribution < 1.29 is 11.0 Å². The average molecular weight is 284 g/mol. The van der Waals surface area contributed by atoms with Crippen molar-refractivity contribution in [2.24, 2.45) is 5.92 Å². The molecule has 1 aliphatic heterocycles. The van der Waals surface area contributed by atoms with Crippen molar-refractivity contribution in [2.45, 2.75) is 46.6 Å². The Kier molecular flexibility index (Phi) is 11.1. The number of rotatable bonds is 5. The van der Waals surface area contributed by atoms with Crippen molar-refractivity contribution >= 4 is 5.91 Å². The number of hydrogen-bond donors (Lipinski definition) is 1. The molecule has 1 rings (SSSR count). The molecule has 0 aromatic carbocycles. The van der Waals surface area contributed by atoms with Crippen LogP contribution < -0.4 is 5.32 Å². The molecule has 4 nitrogen and oxygen atoms in total. The van der Waals surface area contributed by atoms with Crippen LogP contribution in [0.4, 0.5) is 0 Å². The third kappa shape index (κ3) is 8.19. The Morgan fingerprint density at radius 2 is 2.25 bits per heavy atom. The highest BCUT2D eigenvalue weighted by Gasteiger charge is 2.27. The molecule has 1 amide bonds. The largest absolute Gasteiger partial charge is 0.383 e. The quantitative estimate of drug-likeness (QED) is 0.787. The first-order chi connectivity index (χ1) is 9.56. The van der Waals surface area contributed by atoms with E-state index < -0.39 is 0 Å². The predicted octanol–water partition coefficient (Wildman–Crippen LogP) is 2.14. The molecule has 118 valence electrons. The molecule has 0 saturated carbocycles. The van der Waals surface area contributed by atoms with Gasteiger partial charge in [-0.15, -0.1) is 0 Å². The van der Waals surface area contributed by atoms with Crippen LogP contribution in [-0.4, -0.2) is 50.2 Å². The van der Waals surface area contributed by atoms with Gasteiger partial charge in [0.05, 0.1) is 12.6 Å². The molecular weight excluding hydrogens is 252 g/mol. The van der Waals surface area contributed by atoms with E-state index in [9.17, 15) is 4.79 Å². The van der Waals surface area contributed by atoms with E-state index in [4.69, 9.17) is 4.74 Å². The molecule has 0 aliphatic carbocycles. The highest BCUT2D eigenvalue weighted by atomic mass is 16.5. The number of carbonyl (C=O) groups is 1. The summed E-state index contributed by atoms with van der Waals surface area (Å²) in [6.45, 7) is 11.9. The number of nitrogens with one attached hydrogen (secondary N) is 1. The lowest BCUT2D eigenvalue weighted by molar-refractivity contribution is -0.126. The fourth-order valence-electron chi connectivity index (χ4n) is 2.08. The first-order valence-electron chi connectivity index (χ1n) is 7.49. The molecule has 0 spiro atoms. The van der Waals surface area contributed by atoms with Crippen LogP contribution in [0.2, 0.25) is 0 Å². The lowest BCUT2D eigenvalue weighted by atomic mass is 10.2. The summed E-state index contributed by atoms with van der Waals surface area (Å²) in [6, 6.07) is 0.235. The maximum Gasteiger partial charge on any atom is 0.298 e. The lowest BCUT2D eigenvalue weighted by Gasteiger charge is -2.21. The molecule has 0 aromatic rings. The highest BCUT2D eigenvalue weighted by Crippen LogP contribution is 2.16. The average Bonchev–Trinajstić information content (AvgIpc) is 2.86. The lowest BCUT2D eigenvalue weighted by Crippen LogP contribution is -2.37. The summed E-state index contributed by atoms with van der Waals surface area (Å²) in [7, 11) is 1.66. The van der Waals surface area contributed by atoms with Crippen LogP contribution >= 0.6 is 0 Å². The van der Waals surface area contributed by atoms with Crippen LogP contribution in [0.15, 0.2) is 0 Å². The topological polar surface area (TPSA) is 41.6 Å². The molecule has 0 unspecified atom stereocenters. The number of hydrogen-bond acceptors (Lipinski definition) is 3. The highest BCUT2D eigenvalue weighted by molar-refractivity contribution is 5.93. The molecule has 1 atom stereocenters. The fraction of sp³-hybridized carbons (Fsp3) is 0.812. The van der Waals surface area contributed by atoms with E-state index >= 15 is 0 Å². The third-order valence-corrected chi connectivity index (χ3v) is 3.03. The molecule has 1 saturated heterocycles. The van der Waals surface area contributed by atoms with Gasteiger partial charge in [-0.05, 0) is 44.7 Å². The van der Waals surface area contributed by atoms with Gasteiger partial charge in [0.1, 0.15) is 0 Å². The van der Waals surface area contributed by atoms with Crippen LogP contribution in [0.5, 0.6) is 0 Å².